The van der Waals surface area contributed by atoms with E-state index in [0.29, 0.717) is 18.8 Å². The second kappa shape index (κ2) is 4.42. The minimum atomic E-state index is -0.848. The van der Waals surface area contributed by atoms with E-state index in [0.717, 1.165) is 0 Å². The molecular weight excluding hydrogens is 156 g/mol. The zero-order chi connectivity index (χ0) is 9.78. The van der Waals surface area contributed by atoms with Crippen molar-refractivity contribution >= 4 is 5.97 Å². The Balaban J connectivity index is 3.78. The first kappa shape index (κ1) is 11.4. The van der Waals surface area contributed by atoms with Crippen LogP contribution in [-0.2, 0) is 4.79 Å². The average molecular weight is 174 g/mol. The van der Waals surface area contributed by atoms with E-state index in [1.165, 1.54) is 0 Å². The maximum absolute atomic E-state index is 10.2. The highest BCUT2D eigenvalue weighted by Gasteiger charge is 2.21. The zero-order valence-corrected chi connectivity index (χ0v) is 7.71. The first-order valence-electron chi connectivity index (χ1n) is 4.13. The standard InChI is InChI=1S/C8H18N2O2/c1-6(2)5-8(9,10)4-3-7(11)12/h6H,3-5,9-10H2,1-2H3,(H,11,12). The van der Waals surface area contributed by atoms with Gasteiger partial charge in [-0.15, -0.1) is 0 Å². The van der Waals surface area contributed by atoms with Crippen LogP contribution in [0.3, 0.4) is 0 Å². The number of nitrogens with two attached hydrogens (primary N) is 2. The van der Waals surface area contributed by atoms with Crippen molar-refractivity contribution in [2.24, 2.45) is 17.4 Å². The van der Waals surface area contributed by atoms with Crippen molar-refractivity contribution in [1.29, 1.82) is 0 Å². The Kier molecular flexibility index (Phi) is 4.20. The van der Waals surface area contributed by atoms with Crippen LogP contribution in [0.1, 0.15) is 33.1 Å². The van der Waals surface area contributed by atoms with Crippen LogP contribution < -0.4 is 11.5 Å². The van der Waals surface area contributed by atoms with Crippen LogP contribution in [0.4, 0.5) is 0 Å². The number of carboxylic acid groups (broad SMARTS) is 1. The van der Waals surface area contributed by atoms with Gasteiger partial charge in [-0.2, -0.15) is 0 Å². The largest absolute Gasteiger partial charge is 0.481 e. The van der Waals surface area contributed by atoms with Gasteiger partial charge in [-0.3, -0.25) is 4.79 Å². The number of carbonyl (C=O) groups is 1. The summed E-state index contributed by atoms with van der Waals surface area (Å²) in [6, 6.07) is 0. The van der Waals surface area contributed by atoms with Gasteiger partial charge in [-0.1, -0.05) is 13.8 Å². The van der Waals surface area contributed by atoms with Crippen molar-refractivity contribution in [2.45, 2.75) is 38.8 Å². The lowest BCUT2D eigenvalue weighted by atomic mass is 9.95. The minimum absolute atomic E-state index is 0.0414. The normalized spacial score (nSPS) is 12.1. The Bertz CT molecular complexity index is 155. The van der Waals surface area contributed by atoms with Gasteiger partial charge in [0.25, 0.3) is 0 Å². The second-order valence-corrected chi connectivity index (χ2v) is 3.72. The summed E-state index contributed by atoms with van der Waals surface area (Å²) in [5.74, 6) is -0.451. The van der Waals surface area contributed by atoms with Gasteiger partial charge >= 0.3 is 5.97 Å². The maximum atomic E-state index is 10.2. The zero-order valence-electron chi connectivity index (χ0n) is 7.71. The van der Waals surface area contributed by atoms with Gasteiger partial charge in [0.05, 0.1) is 5.66 Å². The topological polar surface area (TPSA) is 89.3 Å². The monoisotopic (exact) mass is 174 g/mol. The number of aliphatic carboxylic acids is 1. The molecule has 0 aromatic heterocycles. The van der Waals surface area contributed by atoms with Gasteiger partial charge in [0, 0.05) is 6.42 Å². The summed E-state index contributed by atoms with van der Waals surface area (Å²) in [7, 11) is 0. The van der Waals surface area contributed by atoms with E-state index >= 15 is 0 Å². The van der Waals surface area contributed by atoms with Crippen LogP contribution in [0, 0.1) is 5.92 Å². The smallest absolute Gasteiger partial charge is 0.303 e. The highest BCUT2D eigenvalue weighted by molar-refractivity contribution is 5.66. The van der Waals surface area contributed by atoms with Crippen molar-refractivity contribution in [2.75, 3.05) is 0 Å². The maximum Gasteiger partial charge on any atom is 0.303 e. The number of rotatable bonds is 5. The van der Waals surface area contributed by atoms with E-state index in [1.807, 2.05) is 13.8 Å². The van der Waals surface area contributed by atoms with Crippen molar-refractivity contribution < 1.29 is 9.90 Å². The molecule has 0 aliphatic heterocycles. The van der Waals surface area contributed by atoms with E-state index in [9.17, 15) is 4.79 Å². The van der Waals surface area contributed by atoms with Crippen molar-refractivity contribution in [3.05, 3.63) is 0 Å². The van der Waals surface area contributed by atoms with Crippen LogP contribution >= 0.6 is 0 Å². The lowest BCUT2D eigenvalue weighted by molar-refractivity contribution is -0.137. The van der Waals surface area contributed by atoms with Crippen molar-refractivity contribution in [3.63, 3.8) is 0 Å². The molecule has 0 heterocycles. The molecule has 5 N–H and O–H groups in total. The van der Waals surface area contributed by atoms with Gasteiger partial charge < -0.3 is 16.6 Å². The average Bonchev–Trinajstić information content (AvgIpc) is 1.81. The molecule has 0 aromatic rings. The first-order chi connectivity index (χ1) is 5.33. The molecule has 0 aromatic carbocycles. The van der Waals surface area contributed by atoms with Crippen LogP contribution in [0.15, 0.2) is 0 Å². The third kappa shape index (κ3) is 6.12. The predicted octanol–water partition coefficient (Wildman–Crippen LogP) is 0.511. The molecule has 72 valence electrons. The molecule has 0 radical (unpaired) electrons. The molecule has 0 amide bonds. The molecule has 0 bridgehead atoms. The van der Waals surface area contributed by atoms with Gasteiger partial charge in [0.15, 0.2) is 0 Å². The van der Waals surface area contributed by atoms with Crippen LogP contribution in [0.25, 0.3) is 0 Å². The third-order valence-corrected chi connectivity index (χ3v) is 1.59. The van der Waals surface area contributed by atoms with Crippen molar-refractivity contribution in [1.82, 2.24) is 0 Å². The van der Waals surface area contributed by atoms with E-state index < -0.39 is 11.6 Å². The molecule has 0 saturated heterocycles. The van der Waals surface area contributed by atoms with Gasteiger partial charge in [-0.25, -0.2) is 0 Å². The summed E-state index contributed by atoms with van der Waals surface area (Å²) in [5.41, 5.74) is 10.5. The lowest BCUT2D eigenvalue weighted by Gasteiger charge is -2.25. The SMILES string of the molecule is CC(C)CC(N)(N)CCC(=O)O. The summed E-state index contributed by atoms with van der Waals surface area (Å²) < 4.78 is 0. The molecule has 0 fully saturated rings. The Morgan fingerprint density at radius 3 is 2.33 bits per heavy atom. The fourth-order valence-corrected chi connectivity index (χ4v) is 1.20. The van der Waals surface area contributed by atoms with E-state index in [1.54, 1.807) is 0 Å². The summed E-state index contributed by atoms with van der Waals surface area (Å²) >= 11 is 0. The Labute approximate surface area is 72.9 Å². The molecule has 0 unspecified atom stereocenters. The number of hydrogen-bond acceptors (Lipinski definition) is 3. The predicted molar refractivity (Wildman–Crippen MR) is 47.4 cm³/mol. The molecule has 4 heteroatoms. The number of hydrogen-bond donors (Lipinski definition) is 3. The summed E-state index contributed by atoms with van der Waals surface area (Å²) in [5, 5.41) is 8.40. The molecule has 0 saturated carbocycles. The lowest BCUT2D eigenvalue weighted by Crippen LogP contribution is -2.50. The number of carboxylic acids is 1. The van der Waals surface area contributed by atoms with Crippen LogP contribution in [0.2, 0.25) is 0 Å². The Morgan fingerprint density at radius 1 is 1.50 bits per heavy atom. The highest BCUT2D eigenvalue weighted by atomic mass is 16.4. The highest BCUT2D eigenvalue weighted by Crippen LogP contribution is 2.13. The molecule has 0 atom stereocenters. The van der Waals surface area contributed by atoms with E-state index in [4.69, 9.17) is 16.6 Å². The minimum Gasteiger partial charge on any atom is -0.481 e. The molecule has 0 rings (SSSR count). The van der Waals surface area contributed by atoms with Crippen LogP contribution in [0.5, 0.6) is 0 Å². The summed E-state index contributed by atoms with van der Waals surface area (Å²) in [6.45, 7) is 4.02. The fourth-order valence-electron chi connectivity index (χ4n) is 1.20. The van der Waals surface area contributed by atoms with E-state index in [2.05, 4.69) is 0 Å². The van der Waals surface area contributed by atoms with E-state index in [-0.39, 0.29) is 6.42 Å². The van der Waals surface area contributed by atoms with Gasteiger partial charge in [0.2, 0.25) is 0 Å². The summed E-state index contributed by atoms with van der Waals surface area (Å²) in [6.07, 6.45) is 1.03. The molecule has 12 heavy (non-hydrogen) atoms. The molecular formula is C8H18N2O2. The quantitative estimate of drug-likeness (QED) is 0.530. The third-order valence-electron chi connectivity index (χ3n) is 1.59. The van der Waals surface area contributed by atoms with Gasteiger partial charge in [-0.05, 0) is 18.8 Å². The second-order valence-electron chi connectivity index (χ2n) is 3.72. The van der Waals surface area contributed by atoms with Crippen LogP contribution in [-0.4, -0.2) is 16.7 Å². The molecule has 0 aliphatic rings. The first-order valence-corrected chi connectivity index (χ1v) is 4.13. The summed E-state index contributed by atoms with van der Waals surface area (Å²) in [4.78, 5) is 10.2. The Hall–Kier alpha value is -0.610. The molecule has 0 spiro atoms. The van der Waals surface area contributed by atoms with Crippen molar-refractivity contribution in [3.8, 4) is 0 Å². The Morgan fingerprint density at radius 2 is 2.00 bits per heavy atom. The molecule has 4 nitrogen and oxygen atoms in total. The molecule has 0 aliphatic carbocycles. The van der Waals surface area contributed by atoms with Gasteiger partial charge in [0.1, 0.15) is 0 Å². The fraction of sp³-hybridized carbons (Fsp3) is 0.875.